The Labute approximate surface area is 142 Å². The number of hydrogen-bond acceptors (Lipinski definition) is 9. The normalized spacial score (nSPS) is 34.2. The second kappa shape index (κ2) is 7.41. The molecule has 0 amide bonds. The van der Waals surface area contributed by atoms with E-state index in [4.69, 9.17) is 14.2 Å². The van der Waals surface area contributed by atoms with Gasteiger partial charge in [0.15, 0.2) is 12.2 Å². The summed E-state index contributed by atoms with van der Waals surface area (Å²) in [6.07, 6.45) is 2.67. The van der Waals surface area contributed by atoms with E-state index in [-0.39, 0.29) is 18.6 Å². The highest BCUT2D eigenvalue weighted by atomic mass is 32.2. The van der Waals surface area contributed by atoms with E-state index in [9.17, 15) is 14.9 Å². The Morgan fingerprint density at radius 3 is 2.83 bits per heavy atom. The van der Waals surface area contributed by atoms with Gasteiger partial charge in [-0.25, -0.2) is 4.79 Å². The Bertz CT molecular complexity index is 567. The van der Waals surface area contributed by atoms with Crippen molar-refractivity contribution < 1.29 is 28.9 Å². The number of nitrogens with one attached hydrogen (secondary N) is 1. The molecule has 5 atom stereocenters. The summed E-state index contributed by atoms with van der Waals surface area (Å²) in [4.78, 5) is 27.5. The Morgan fingerprint density at radius 1 is 1.42 bits per heavy atom. The Balaban J connectivity index is 1.61. The fourth-order valence-corrected chi connectivity index (χ4v) is 3.75. The molecule has 3 rings (SSSR count). The number of ether oxygens (including phenoxy) is 3. The van der Waals surface area contributed by atoms with Crippen LogP contribution in [0.25, 0.3) is 0 Å². The maximum atomic E-state index is 12.5. The summed E-state index contributed by atoms with van der Waals surface area (Å²) >= 11 is 1.58. The number of hydrogen-bond donors (Lipinski definition) is 1. The molecular formula is C14H18N2O7S. The molecule has 3 aliphatic heterocycles. The molecule has 5 unspecified atom stereocenters. The average molecular weight is 358 g/mol. The fraction of sp³-hybridized carbons (Fsp3) is 0.643. The van der Waals surface area contributed by atoms with E-state index < -0.39 is 35.5 Å². The minimum absolute atomic E-state index is 0.0334. The van der Waals surface area contributed by atoms with Gasteiger partial charge in [-0.05, 0) is 24.1 Å². The van der Waals surface area contributed by atoms with Crippen LogP contribution in [0.3, 0.4) is 0 Å². The molecule has 24 heavy (non-hydrogen) atoms. The zero-order valence-corrected chi connectivity index (χ0v) is 13.8. The van der Waals surface area contributed by atoms with Crippen molar-refractivity contribution in [1.29, 1.82) is 0 Å². The molecule has 0 saturated carbocycles. The van der Waals surface area contributed by atoms with Crippen molar-refractivity contribution in [2.45, 2.75) is 36.7 Å². The van der Waals surface area contributed by atoms with Gasteiger partial charge >= 0.3 is 5.97 Å². The quantitative estimate of drug-likeness (QED) is 0.410. The third-order valence-electron chi connectivity index (χ3n) is 3.91. The zero-order chi connectivity index (χ0) is 17.1. The lowest BCUT2D eigenvalue weighted by atomic mass is 10.1. The molecule has 3 heterocycles. The van der Waals surface area contributed by atoms with E-state index in [0.717, 1.165) is 5.75 Å². The second-order valence-corrected chi connectivity index (χ2v) is 6.77. The van der Waals surface area contributed by atoms with Gasteiger partial charge in [0.1, 0.15) is 17.6 Å². The number of esters is 1. The van der Waals surface area contributed by atoms with Gasteiger partial charge in [0, 0.05) is 0 Å². The van der Waals surface area contributed by atoms with Crippen molar-refractivity contribution in [1.82, 2.24) is 5.32 Å². The van der Waals surface area contributed by atoms with E-state index in [1.54, 1.807) is 30.1 Å². The first kappa shape index (κ1) is 17.1. The Hall–Kier alpha value is -1.78. The maximum Gasteiger partial charge on any atom is 0.337 e. The molecule has 0 spiro atoms. The smallest absolute Gasteiger partial charge is 0.337 e. The topological polar surface area (TPSA) is 109 Å². The number of fused-ring (bicyclic) bond motifs is 1. The zero-order valence-electron chi connectivity index (χ0n) is 13.0. The van der Waals surface area contributed by atoms with Crippen molar-refractivity contribution in [3.05, 3.63) is 34.0 Å². The van der Waals surface area contributed by atoms with E-state index >= 15 is 0 Å². The van der Waals surface area contributed by atoms with Gasteiger partial charge in [-0.15, -0.1) is 21.9 Å². The van der Waals surface area contributed by atoms with Gasteiger partial charge in [0.2, 0.25) is 0 Å². The third-order valence-corrected chi connectivity index (χ3v) is 4.97. The number of thioether (sulfide) groups is 1. The van der Waals surface area contributed by atoms with Crippen LogP contribution in [0.2, 0.25) is 0 Å². The van der Waals surface area contributed by atoms with Gasteiger partial charge < -0.3 is 24.4 Å². The van der Waals surface area contributed by atoms with Crippen LogP contribution in [0.15, 0.2) is 23.9 Å². The van der Waals surface area contributed by atoms with Gasteiger partial charge in [0.05, 0.1) is 18.8 Å². The summed E-state index contributed by atoms with van der Waals surface area (Å²) in [6, 6.07) is 0. The highest BCUT2D eigenvalue weighted by Gasteiger charge is 2.51. The van der Waals surface area contributed by atoms with Crippen LogP contribution in [-0.2, 0) is 23.8 Å². The predicted octanol–water partition coefficient (Wildman–Crippen LogP) is 0.395. The molecule has 0 bridgehead atoms. The molecular weight excluding hydrogens is 340 g/mol. The molecule has 0 radical (unpaired) electrons. The number of allylic oxidation sites excluding steroid dienone is 2. The second-order valence-electron chi connectivity index (χ2n) is 5.39. The van der Waals surface area contributed by atoms with E-state index in [2.05, 4.69) is 10.2 Å². The molecule has 9 nitrogen and oxygen atoms in total. The molecule has 2 fully saturated rings. The van der Waals surface area contributed by atoms with Crippen molar-refractivity contribution in [3.8, 4) is 0 Å². The number of carbonyl (C=O) groups excluding carboxylic acids is 1. The van der Waals surface area contributed by atoms with Crippen LogP contribution in [0, 0.1) is 10.1 Å². The van der Waals surface area contributed by atoms with Crippen LogP contribution >= 0.6 is 11.8 Å². The minimum Gasteiger partial charge on any atom is -0.454 e. The highest BCUT2D eigenvalue weighted by Crippen LogP contribution is 2.31. The first-order valence-electron chi connectivity index (χ1n) is 7.60. The molecule has 3 aliphatic rings. The molecule has 132 valence electrons. The Morgan fingerprint density at radius 2 is 2.12 bits per heavy atom. The lowest BCUT2D eigenvalue weighted by molar-refractivity contribution is -0.769. The summed E-state index contributed by atoms with van der Waals surface area (Å²) in [5.74, 6) is 0.394. The SMILES string of the molecule is CCSC1NC=CC=C1C(=O)OC1COC2C(O[N+](=O)[O-])COC12. The first-order chi connectivity index (χ1) is 11.6. The lowest BCUT2D eigenvalue weighted by Crippen LogP contribution is -2.38. The summed E-state index contributed by atoms with van der Waals surface area (Å²) in [7, 11) is 0. The third kappa shape index (κ3) is 3.50. The number of rotatable bonds is 6. The average Bonchev–Trinajstić information content (AvgIpc) is 3.12. The van der Waals surface area contributed by atoms with E-state index in [1.807, 2.05) is 6.92 Å². The first-order valence-corrected chi connectivity index (χ1v) is 8.64. The van der Waals surface area contributed by atoms with Crippen molar-refractivity contribution >= 4 is 17.7 Å². The fourth-order valence-electron chi connectivity index (χ4n) is 2.89. The van der Waals surface area contributed by atoms with Crippen molar-refractivity contribution in [2.75, 3.05) is 19.0 Å². The van der Waals surface area contributed by atoms with E-state index in [1.165, 1.54) is 0 Å². The standard InChI is InChI=1S/C14H18N2O7S/c1-2-24-13-8(4-3-5-15-13)14(17)22-9-6-20-12-10(23-16(18)19)7-21-11(9)12/h3-5,9-13,15H,2,6-7H2,1H3. The van der Waals surface area contributed by atoms with Crippen LogP contribution in [-0.4, -0.2) is 59.8 Å². The van der Waals surface area contributed by atoms with Gasteiger partial charge in [0.25, 0.3) is 5.09 Å². The van der Waals surface area contributed by atoms with Crippen molar-refractivity contribution in [3.63, 3.8) is 0 Å². The maximum absolute atomic E-state index is 12.5. The van der Waals surface area contributed by atoms with Crippen LogP contribution in [0.1, 0.15) is 6.92 Å². The van der Waals surface area contributed by atoms with Gasteiger partial charge in [-0.2, -0.15) is 0 Å². The number of dihydropyridines is 1. The summed E-state index contributed by atoms with van der Waals surface area (Å²) in [6.45, 7) is 2.16. The van der Waals surface area contributed by atoms with E-state index in [0.29, 0.717) is 5.57 Å². The summed E-state index contributed by atoms with van der Waals surface area (Å²) in [5, 5.41) is 12.5. The molecule has 0 aliphatic carbocycles. The molecule has 2 saturated heterocycles. The van der Waals surface area contributed by atoms with Crippen LogP contribution in [0.5, 0.6) is 0 Å². The summed E-state index contributed by atoms with van der Waals surface area (Å²) in [5.41, 5.74) is 0.517. The van der Waals surface area contributed by atoms with Crippen LogP contribution in [0.4, 0.5) is 0 Å². The largest absolute Gasteiger partial charge is 0.454 e. The highest BCUT2D eigenvalue weighted by molar-refractivity contribution is 8.00. The number of nitrogens with zero attached hydrogens (tertiary/aromatic N) is 1. The molecule has 0 aromatic carbocycles. The Kier molecular flexibility index (Phi) is 5.27. The monoisotopic (exact) mass is 358 g/mol. The predicted molar refractivity (Wildman–Crippen MR) is 83.5 cm³/mol. The molecule has 10 heteroatoms. The lowest BCUT2D eigenvalue weighted by Gasteiger charge is -2.23. The van der Waals surface area contributed by atoms with Crippen LogP contribution < -0.4 is 5.32 Å². The minimum atomic E-state index is -0.865. The number of carbonyl (C=O) groups is 1. The van der Waals surface area contributed by atoms with Crippen molar-refractivity contribution in [2.24, 2.45) is 0 Å². The van der Waals surface area contributed by atoms with Gasteiger partial charge in [-0.3, -0.25) is 0 Å². The van der Waals surface area contributed by atoms with Gasteiger partial charge in [-0.1, -0.05) is 6.92 Å². The molecule has 0 aromatic heterocycles. The summed E-state index contributed by atoms with van der Waals surface area (Å²) < 4.78 is 16.5. The molecule has 1 N–H and O–H groups in total. The molecule has 0 aromatic rings.